The summed E-state index contributed by atoms with van der Waals surface area (Å²) in [6.45, 7) is 14.3. The number of fused-ring (bicyclic) bond motifs is 1. The Morgan fingerprint density at radius 1 is 1.16 bits per heavy atom. The minimum atomic E-state index is 0.458. The van der Waals surface area contributed by atoms with Crippen LogP contribution in [0.15, 0.2) is 18.2 Å². The zero-order valence-corrected chi connectivity index (χ0v) is 16.1. The number of pyridine rings is 1. The molecule has 0 fully saturated rings. The van der Waals surface area contributed by atoms with Crippen LogP contribution in [0.1, 0.15) is 42.7 Å². The maximum absolute atomic E-state index is 6.27. The van der Waals surface area contributed by atoms with Crippen molar-refractivity contribution in [2.45, 2.75) is 54.0 Å². The zero-order chi connectivity index (χ0) is 18.1. The van der Waals surface area contributed by atoms with Crippen molar-refractivity contribution in [1.29, 1.82) is 0 Å². The molecule has 1 aromatic carbocycles. The molecule has 1 aromatic heterocycles. The topological polar surface area (TPSA) is 34.6 Å². The largest absolute Gasteiger partial charge is 0.484 e. The van der Waals surface area contributed by atoms with Crippen LogP contribution in [0.5, 0.6) is 17.4 Å². The fourth-order valence-electron chi connectivity index (χ4n) is 3.50. The van der Waals surface area contributed by atoms with Crippen molar-refractivity contribution < 1.29 is 9.47 Å². The molecule has 134 valence electrons. The molecule has 0 N–H and O–H groups in total. The molecule has 0 saturated heterocycles. The van der Waals surface area contributed by atoms with Gasteiger partial charge in [0.15, 0.2) is 0 Å². The number of anilines is 1. The maximum Gasteiger partial charge on any atom is 0.265 e. The molecule has 1 unspecified atom stereocenters. The van der Waals surface area contributed by atoms with Gasteiger partial charge in [-0.15, -0.1) is 0 Å². The lowest BCUT2D eigenvalue weighted by atomic mass is 10.1. The molecule has 2 aromatic rings. The van der Waals surface area contributed by atoms with Gasteiger partial charge in [-0.05, 0) is 58.2 Å². The first kappa shape index (κ1) is 17.6. The Morgan fingerprint density at radius 3 is 2.48 bits per heavy atom. The van der Waals surface area contributed by atoms with Crippen LogP contribution in [-0.2, 0) is 0 Å². The molecule has 0 aliphatic carbocycles. The summed E-state index contributed by atoms with van der Waals surface area (Å²) in [6, 6.07) is 6.83. The third-order valence-corrected chi connectivity index (χ3v) is 4.86. The molecule has 0 saturated carbocycles. The smallest absolute Gasteiger partial charge is 0.265 e. The van der Waals surface area contributed by atoms with Crippen molar-refractivity contribution in [1.82, 2.24) is 4.98 Å². The van der Waals surface area contributed by atoms with Crippen molar-refractivity contribution in [3.63, 3.8) is 0 Å². The van der Waals surface area contributed by atoms with Crippen molar-refractivity contribution in [3.8, 4) is 17.4 Å². The zero-order valence-electron chi connectivity index (χ0n) is 16.1. The number of benzene rings is 1. The number of aromatic nitrogens is 1. The summed E-state index contributed by atoms with van der Waals surface area (Å²) in [7, 11) is 0. The summed E-state index contributed by atoms with van der Waals surface area (Å²) in [5.74, 6) is 2.20. The Balaban J connectivity index is 2.05. The number of hydrogen-bond acceptors (Lipinski definition) is 4. The SMILES string of the molecule is CCC(C)N1CCOc2c1cc(C)nc2Oc1c(C)cc(C)cc1C. The lowest BCUT2D eigenvalue weighted by Gasteiger charge is -2.36. The first-order valence-electron chi connectivity index (χ1n) is 9.07. The van der Waals surface area contributed by atoms with Gasteiger partial charge in [0.1, 0.15) is 12.4 Å². The van der Waals surface area contributed by atoms with Crippen LogP contribution in [-0.4, -0.2) is 24.2 Å². The Bertz CT molecular complexity index is 763. The van der Waals surface area contributed by atoms with E-state index < -0.39 is 0 Å². The van der Waals surface area contributed by atoms with Crippen molar-refractivity contribution in [2.24, 2.45) is 0 Å². The second-order valence-electron chi connectivity index (χ2n) is 7.05. The first-order chi connectivity index (χ1) is 11.9. The molecule has 2 heterocycles. The molecule has 0 amide bonds. The standard InChI is InChI=1S/C21H28N2O2/c1-7-17(6)23-8-9-24-20-18(23)12-16(5)22-21(20)25-19-14(3)10-13(2)11-15(19)4/h10-12,17H,7-9H2,1-6H3. The third-order valence-electron chi connectivity index (χ3n) is 4.86. The second-order valence-corrected chi connectivity index (χ2v) is 7.05. The van der Waals surface area contributed by atoms with Gasteiger partial charge < -0.3 is 14.4 Å². The van der Waals surface area contributed by atoms with E-state index in [0.29, 0.717) is 18.5 Å². The maximum atomic E-state index is 6.27. The predicted octanol–water partition coefficient (Wildman–Crippen LogP) is 5.10. The predicted molar refractivity (Wildman–Crippen MR) is 102 cm³/mol. The van der Waals surface area contributed by atoms with Gasteiger partial charge in [-0.3, -0.25) is 0 Å². The molecule has 0 bridgehead atoms. The minimum Gasteiger partial charge on any atom is -0.484 e. The molecular weight excluding hydrogens is 312 g/mol. The Hall–Kier alpha value is -2.23. The van der Waals surface area contributed by atoms with Gasteiger partial charge in [-0.1, -0.05) is 24.6 Å². The highest BCUT2D eigenvalue weighted by Gasteiger charge is 2.27. The number of rotatable bonds is 4. The summed E-state index contributed by atoms with van der Waals surface area (Å²) >= 11 is 0. The number of nitrogens with zero attached hydrogens (tertiary/aromatic N) is 2. The van der Waals surface area contributed by atoms with Crippen LogP contribution in [0, 0.1) is 27.7 Å². The van der Waals surface area contributed by atoms with E-state index in [-0.39, 0.29) is 0 Å². The molecule has 1 aliphatic rings. The van der Waals surface area contributed by atoms with E-state index in [1.165, 1.54) is 5.56 Å². The highest BCUT2D eigenvalue weighted by atomic mass is 16.5. The average Bonchev–Trinajstić information content (AvgIpc) is 2.56. The molecule has 1 atom stereocenters. The van der Waals surface area contributed by atoms with E-state index >= 15 is 0 Å². The summed E-state index contributed by atoms with van der Waals surface area (Å²) in [4.78, 5) is 7.03. The molecule has 3 rings (SSSR count). The normalized spacial score (nSPS) is 14.7. The highest BCUT2D eigenvalue weighted by molar-refractivity contribution is 5.66. The van der Waals surface area contributed by atoms with E-state index in [0.717, 1.165) is 47.0 Å². The molecular formula is C21H28N2O2. The molecule has 25 heavy (non-hydrogen) atoms. The Labute approximate surface area is 150 Å². The van der Waals surface area contributed by atoms with Gasteiger partial charge in [0.05, 0.1) is 12.2 Å². The minimum absolute atomic E-state index is 0.458. The van der Waals surface area contributed by atoms with Gasteiger partial charge in [0.25, 0.3) is 5.88 Å². The van der Waals surface area contributed by atoms with Gasteiger partial charge in [-0.25, -0.2) is 4.98 Å². The molecule has 1 aliphatic heterocycles. The van der Waals surface area contributed by atoms with Gasteiger partial charge >= 0.3 is 0 Å². The van der Waals surface area contributed by atoms with Crippen LogP contribution >= 0.6 is 0 Å². The lowest BCUT2D eigenvalue weighted by Crippen LogP contribution is -2.39. The monoisotopic (exact) mass is 340 g/mol. The highest BCUT2D eigenvalue weighted by Crippen LogP contribution is 2.43. The van der Waals surface area contributed by atoms with Gasteiger partial charge in [0, 0.05) is 11.7 Å². The molecule has 0 spiro atoms. The number of ether oxygens (including phenoxy) is 2. The van der Waals surface area contributed by atoms with Crippen LogP contribution < -0.4 is 14.4 Å². The van der Waals surface area contributed by atoms with Crippen molar-refractivity contribution in [3.05, 3.63) is 40.6 Å². The number of hydrogen-bond donors (Lipinski definition) is 0. The lowest BCUT2D eigenvalue weighted by molar-refractivity contribution is 0.282. The van der Waals surface area contributed by atoms with Crippen molar-refractivity contribution in [2.75, 3.05) is 18.1 Å². The van der Waals surface area contributed by atoms with Crippen molar-refractivity contribution >= 4 is 5.69 Å². The van der Waals surface area contributed by atoms with Gasteiger partial charge in [-0.2, -0.15) is 0 Å². The van der Waals surface area contributed by atoms with Gasteiger partial charge in [0.2, 0.25) is 5.75 Å². The summed E-state index contributed by atoms with van der Waals surface area (Å²) in [5, 5.41) is 0. The quantitative estimate of drug-likeness (QED) is 0.775. The molecule has 0 radical (unpaired) electrons. The fraction of sp³-hybridized carbons (Fsp3) is 0.476. The third kappa shape index (κ3) is 3.44. The van der Waals surface area contributed by atoms with E-state index in [2.05, 4.69) is 62.7 Å². The van der Waals surface area contributed by atoms with E-state index in [4.69, 9.17) is 9.47 Å². The van der Waals surface area contributed by atoms with Crippen LogP contribution in [0.3, 0.4) is 0 Å². The van der Waals surface area contributed by atoms with E-state index in [1.54, 1.807) is 0 Å². The van der Waals surface area contributed by atoms with E-state index in [1.807, 2.05) is 6.92 Å². The number of aryl methyl sites for hydroxylation is 4. The van der Waals surface area contributed by atoms with Crippen LogP contribution in [0.25, 0.3) is 0 Å². The van der Waals surface area contributed by atoms with E-state index in [9.17, 15) is 0 Å². The van der Waals surface area contributed by atoms with Crippen LogP contribution in [0.2, 0.25) is 0 Å². The fourth-order valence-corrected chi connectivity index (χ4v) is 3.50. The van der Waals surface area contributed by atoms with Crippen LogP contribution in [0.4, 0.5) is 5.69 Å². The molecule has 4 nitrogen and oxygen atoms in total. The summed E-state index contributed by atoms with van der Waals surface area (Å²) in [5.41, 5.74) is 5.49. The first-order valence-corrected chi connectivity index (χ1v) is 9.07. The Kier molecular flexibility index (Phi) is 4.89. The Morgan fingerprint density at radius 2 is 1.84 bits per heavy atom. The summed E-state index contributed by atoms with van der Waals surface area (Å²) < 4.78 is 12.3. The molecule has 4 heteroatoms. The average molecular weight is 340 g/mol. The second kappa shape index (κ2) is 6.95. The summed E-state index contributed by atoms with van der Waals surface area (Å²) in [6.07, 6.45) is 1.09.